The Hall–Kier alpha value is -2.02. The number of nitrogens with one attached hydrogen (secondary N) is 1. The molecule has 0 fully saturated rings. The average molecular weight is 264 g/mol. The second-order valence-electron chi connectivity index (χ2n) is 3.46. The van der Waals surface area contributed by atoms with E-state index in [1.807, 2.05) is 6.07 Å². The molecular formula is C11H12N4O2S. The Morgan fingerprint density at radius 1 is 1.56 bits per heavy atom. The third-order valence-electron chi connectivity index (χ3n) is 2.24. The largest absolute Gasteiger partial charge is 0.465 e. The van der Waals surface area contributed by atoms with E-state index in [2.05, 4.69) is 15.2 Å². The summed E-state index contributed by atoms with van der Waals surface area (Å²) in [6.45, 7) is 2.12. The van der Waals surface area contributed by atoms with E-state index >= 15 is 0 Å². The Morgan fingerprint density at radius 3 is 3.06 bits per heavy atom. The van der Waals surface area contributed by atoms with Crippen molar-refractivity contribution in [2.75, 3.05) is 6.61 Å². The number of H-pyrrole nitrogens is 1. The maximum Gasteiger partial charge on any atom is 0.326 e. The molecule has 0 aliphatic carbocycles. The van der Waals surface area contributed by atoms with Crippen LogP contribution < -0.4 is 0 Å². The van der Waals surface area contributed by atoms with Gasteiger partial charge in [-0.3, -0.25) is 19.4 Å². The maximum atomic E-state index is 11.5. The first-order valence-corrected chi connectivity index (χ1v) is 5.85. The summed E-state index contributed by atoms with van der Waals surface area (Å²) >= 11 is 5.08. The summed E-state index contributed by atoms with van der Waals surface area (Å²) in [6, 6.07) is 5.45. The fourth-order valence-corrected chi connectivity index (χ4v) is 1.69. The van der Waals surface area contributed by atoms with Crippen molar-refractivity contribution in [1.82, 2.24) is 19.7 Å². The number of aromatic amines is 1. The van der Waals surface area contributed by atoms with Gasteiger partial charge in [0.05, 0.1) is 6.61 Å². The summed E-state index contributed by atoms with van der Waals surface area (Å²) in [7, 11) is 0. The number of esters is 1. The standard InChI is InChI=1S/C11H12N4O2S/c1-2-17-9(16)7-15-10(13-14-11(15)18)8-5-3-4-6-12-8/h3-6H,2,7H2,1H3,(H,14,18). The Bertz CT molecular complexity index is 591. The first-order valence-electron chi connectivity index (χ1n) is 5.44. The predicted molar refractivity (Wildman–Crippen MR) is 67.3 cm³/mol. The molecule has 0 saturated heterocycles. The van der Waals surface area contributed by atoms with Crippen LogP contribution in [0.25, 0.3) is 11.5 Å². The monoisotopic (exact) mass is 264 g/mol. The highest BCUT2D eigenvalue weighted by atomic mass is 32.1. The molecule has 0 spiro atoms. The zero-order valence-corrected chi connectivity index (χ0v) is 10.6. The van der Waals surface area contributed by atoms with Crippen LogP contribution in [0.1, 0.15) is 6.92 Å². The smallest absolute Gasteiger partial charge is 0.326 e. The Morgan fingerprint density at radius 2 is 2.39 bits per heavy atom. The molecule has 0 unspecified atom stereocenters. The van der Waals surface area contributed by atoms with Crippen molar-refractivity contribution in [3.05, 3.63) is 29.2 Å². The highest BCUT2D eigenvalue weighted by Crippen LogP contribution is 2.13. The van der Waals surface area contributed by atoms with Gasteiger partial charge in [0.1, 0.15) is 12.2 Å². The molecule has 2 heterocycles. The molecule has 18 heavy (non-hydrogen) atoms. The van der Waals surface area contributed by atoms with Crippen molar-refractivity contribution in [2.24, 2.45) is 0 Å². The van der Waals surface area contributed by atoms with Crippen LogP contribution in [-0.2, 0) is 16.1 Å². The van der Waals surface area contributed by atoms with Crippen LogP contribution in [0, 0.1) is 4.77 Å². The number of carbonyl (C=O) groups is 1. The Kier molecular flexibility index (Phi) is 3.83. The fourth-order valence-electron chi connectivity index (χ4n) is 1.49. The van der Waals surface area contributed by atoms with Gasteiger partial charge in [0.15, 0.2) is 10.6 Å². The minimum atomic E-state index is -0.354. The third kappa shape index (κ3) is 2.62. The van der Waals surface area contributed by atoms with Gasteiger partial charge in [0.25, 0.3) is 0 Å². The molecule has 2 rings (SSSR count). The number of aromatic nitrogens is 4. The zero-order chi connectivity index (χ0) is 13.0. The second-order valence-corrected chi connectivity index (χ2v) is 3.85. The van der Waals surface area contributed by atoms with Gasteiger partial charge in [-0.25, -0.2) is 0 Å². The van der Waals surface area contributed by atoms with Crippen molar-refractivity contribution >= 4 is 18.2 Å². The van der Waals surface area contributed by atoms with Crippen LogP contribution in [0.5, 0.6) is 0 Å². The van der Waals surface area contributed by atoms with Gasteiger partial charge in [-0.2, -0.15) is 5.10 Å². The highest BCUT2D eigenvalue weighted by molar-refractivity contribution is 7.71. The Balaban J connectivity index is 2.34. The molecule has 0 atom stereocenters. The first-order chi connectivity index (χ1) is 8.72. The molecule has 94 valence electrons. The van der Waals surface area contributed by atoms with Gasteiger partial charge in [-0.15, -0.1) is 0 Å². The molecule has 0 saturated carbocycles. The van der Waals surface area contributed by atoms with Gasteiger partial charge >= 0.3 is 5.97 Å². The minimum Gasteiger partial charge on any atom is -0.465 e. The molecule has 0 radical (unpaired) electrons. The summed E-state index contributed by atoms with van der Waals surface area (Å²) in [6.07, 6.45) is 1.65. The predicted octanol–water partition coefficient (Wildman–Crippen LogP) is 1.57. The van der Waals surface area contributed by atoms with Crippen molar-refractivity contribution in [1.29, 1.82) is 0 Å². The molecule has 2 aromatic rings. The van der Waals surface area contributed by atoms with E-state index in [0.29, 0.717) is 22.9 Å². The van der Waals surface area contributed by atoms with E-state index in [9.17, 15) is 4.79 Å². The molecule has 0 aromatic carbocycles. The number of rotatable bonds is 4. The maximum absolute atomic E-state index is 11.5. The number of hydrogen-bond acceptors (Lipinski definition) is 5. The molecule has 6 nitrogen and oxygen atoms in total. The summed E-state index contributed by atoms with van der Waals surface area (Å²) in [5, 5.41) is 6.73. The van der Waals surface area contributed by atoms with Crippen LogP contribution in [0.15, 0.2) is 24.4 Å². The normalized spacial score (nSPS) is 10.3. The number of hydrogen-bond donors (Lipinski definition) is 1. The lowest BCUT2D eigenvalue weighted by atomic mass is 10.3. The van der Waals surface area contributed by atoms with E-state index in [1.54, 1.807) is 29.8 Å². The van der Waals surface area contributed by atoms with E-state index < -0.39 is 0 Å². The van der Waals surface area contributed by atoms with Crippen LogP contribution in [0.4, 0.5) is 0 Å². The van der Waals surface area contributed by atoms with Gasteiger partial charge in [-0.1, -0.05) is 6.07 Å². The number of nitrogens with zero attached hydrogens (tertiary/aromatic N) is 3. The molecule has 0 aliphatic heterocycles. The van der Waals surface area contributed by atoms with E-state index in [1.165, 1.54) is 0 Å². The van der Waals surface area contributed by atoms with E-state index in [4.69, 9.17) is 17.0 Å². The van der Waals surface area contributed by atoms with Crippen LogP contribution in [0.3, 0.4) is 0 Å². The van der Waals surface area contributed by atoms with Gasteiger partial charge in [0, 0.05) is 6.20 Å². The van der Waals surface area contributed by atoms with Gasteiger partial charge in [-0.05, 0) is 31.3 Å². The number of carbonyl (C=O) groups excluding carboxylic acids is 1. The first kappa shape index (κ1) is 12.4. The van der Waals surface area contributed by atoms with Gasteiger partial charge in [0.2, 0.25) is 0 Å². The number of pyridine rings is 1. The summed E-state index contributed by atoms with van der Waals surface area (Å²) < 4.78 is 6.82. The quantitative estimate of drug-likeness (QED) is 0.670. The van der Waals surface area contributed by atoms with Crippen LogP contribution >= 0.6 is 12.2 Å². The lowest BCUT2D eigenvalue weighted by molar-refractivity contribution is -0.143. The zero-order valence-electron chi connectivity index (χ0n) is 9.79. The highest BCUT2D eigenvalue weighted by Gasteiger charge is 2.13. The third-order valence-corrected chi connectivity index (χ3v) is 2.56. The molecule has 1 N–H and O–H groups in total. The molecule has 0 amide bonds. The topological polar surface area (TPSA) is 72.8 Å². The van der Waals surface area contributed by atoms with Crippen molar-refractivity contribution in [2.45, 2.75) is 13.5 Å². The molecule has 0 bridgehead atoms. The fraction of sp³-hybridized carbons (Fsp3) is 0.273. The molecular weight excluding hydrogens is 252 g/mol. The Labute approximate surface area is 109 Å². The lowest BCUT2D eigenvalue weighted by Gasteiger charge is -2.05. The van der Waals surface area contributed by atoms with E-state index in [-0.39, 0.29) is 12.5 Å². The molecule has 2 aromatic heterocycles. The average Bonchev–Trinajstić information content (AvgIpc) is 2.73. The van der Waals surface area contributed by atoms with Crippen molar-refractivity contribution < 1.29 is 9.53 Å². The minimum absolute atomic E-state index is 0.0229. The lowest BCUT2D eigenvalue weighted by Crippen LogP contribution is -2.14. The van der Waals surface area contributed by atoms with Crippen LogP contribution in [-0.4, -0.2) is 32.3 Å². The summed E-state index contributed by atoms with van der Waals surface area (Å²) in [5.74, 6) is 0.167. The van der Waals surface area contributed by atoms with Crippen LogP contribution in [0.2, 0.25) is 0 Å². The van der Waals surface area contributed by atoms with Crippen molar-refractivity contribution in [3.63, 3.8) is 0 Å². The molecule has 0 aliphatic rings. The van der Waals surface area contributed by atoms with Crippen molar-refractivity contribution in [3.8, 4) is 11.5 Å². The second kappa shape index (κ2) is 5.54. The van der Waals surface area contributed by atoms with E-state index in [0.717, 1.165) is 0 Å². The summed E-state index contributed by atoms with van der Waals surface area (Å²) in [5.41, 5.74) is 0.647. The SMILES string of the molecule is CCOC(=O)Cn1c(-c2ccccn2)n[nH]c1=S. The number of ether oxygens (including phenoxy) is 1. The molecule has 7 heteroatoms. The van der Waals surface area contributed by atoms with Gasteiger partial charge < -0.3 is 4.74 Å². The summed E-state index contributed by atoms with van der Waals surface area (Å²) in [4.78, 5) is 15.7.